The van der Waals surface area contributed by atoms with Gasteiger partial charge in [0.2, 0.25) is 47.3 Å². The summed E-state index contributed by atoms with van der Waals surface area (Å²) in [7, 11) is 0. The number of carboxylic acids is 4. The van der Waals surface area contributed by atoms with Gasteiger partial charge in [-0.1, -0.05) is 78.1 Å². The minimum atomic E-state index is -2.17. The highest BCUT2D eigenvalue weighted by atomic mass is 16.6. The molecule has 0 bridgehead atoms. The van der Waals surface area contributed by atoms with E-state index in [2.05, 4.69) is 31.9 Å². The highest BCUT2D eigenvalue weighted by Gasteiger charge is 2.38. The molecule has 0 aliphatic rings. The van der Waals surface area contributed by atoms with Gasteiger partial charge in [0.15, 0.2) is 0 Å². The Hall–Kier alpha value is -10.3. The van der Waals surface area contributed by atoms with E-state index in [9.17, 15) is 116 Å². The molecule has 0 fully saturated rings. The zero-order valence-corrected chi connectivity index (χ0v) is 57.3. The zero-order chi connectivity index (χ0) is 77.6. The molecule has 0 spiro atoms. The summed E-state index contributed by atoms with van der Waals surface area (Å²) >= 11 is 0. The van der Waals surface area contributed by atoms with Gasteiger partial charge in [0.25, 0.3) is 11.8 Å². The lowest BCUT2D eigenvalue weighted by molar-refractivity contribution is -0.154. The maximum absolute atomic E-state index is 14.2. The van der Waals surface area contributed by atoms with E-state index in [1.807, 2.05) is 24.5 Å². The molecule has 0 aliphatic heterocycles. The van der Waals surface area contributed by atoms with Gasteiger partial charge in [-0.15, -0.1) is 0 Å². The molecule has 0 saturated carbocycles. The normalized spacial score (nSPS) is 13.7. The summed E-state index contributed by atoms with van der Waals surface area (Å²) in [4.78, 5) is 257. The Morgan fingerprint density at radius 2 is 0.529 bits per heavy atom. The molecule has 18 N–H and O–H groups in total. The van der Waals surface area contributed by atoms with Gasteiger partial charge in [0.05, 0.1) is 63.8 Å². The maximum atomic E-state index is 14.2. The van der Waals surface area contributed by atoms with E-state index >= 15 is 0 Å². The van der Waals surface area contributed by atoms with Gasteiger partial charge in [-0.2, -0.15) is 0 Å². The number of hydrogen-bond donors (Lipinski definition) is 14. The van der Waals surface area contributed by atoms with Crippen molar-refractivity contribution in [1.82, 2.24) is 54.0 Å². The van der Waals surface area contributed by atoms with E-state index in [4.69, 9.17) is 41.9 Å². The highest BCUT2D eigenvalue weighted by Crippen LogP contribution is 2.12. The molecule has 10 unspecified atom stereocenters. The summed E-state index contributed by atoms with van der Waals surface area (Å²) in [5.41, 5.74) is 26.5. The van der Waals surface area contributed by atoms with Crippen LogP contribution in [0.1, 0.15) is 182 Å². The molecule has 572 valence electrons. The SMILES string of the molecule is CCCCCCCCOC(=O)CC(NC(=O)C(CC(=O)OCCOC(=O)CC(NC(=O)C(N)CCC(=O)O)C(=O)NC(CC(=O)OCCCCCCCC)C(=O)NC(CC(C)=O)C(=O)NC(CC(=O)O)C([NH])=O)NC(=O)C(N)CCC(=O)O)C(=O)NC(CC(C)=O)C(=O)NC(CC(=O)O)C([NH])=O. The van der Waals surface area contributed by atoms with Gasteiger partial charge < -0.3 is 93.4 Å². The molecule has 0 saturated heterocycles. The number of ether oxygens (including phenoxy) is 4. The fraction of sp³-hybridized carbons (Fsp3) is 0.677. The van der Waals surface area contributed by atoms with E-state index in [0.717, 1.165) is 65.2 Å². The summed E-state index contributed by atoms with van der Waals surface area (Å²) in [6.07, 6.45) is -1.89. The predicted molar refractivity (Wildman–Crippen MR) is 346 cm³/mol. The van der Waals surface area contributed by atoms with Crippen LogP contribution in [0.5, 0.6) is 0 Å². The second-order valence-corrected chi connectivity index (χ2v) is 23.5. The molecule has 0 aromatic heterocycles. The number of ketones is 2. The van der Waals surface area contributed by atoms with Crippen molar-refractivity contribution in [2.24, 2.45) is 11.5 Å². The Morgan fingerprint density at radius 3 is 0.765 bits per heavy atom. The Labute approximate surface area is 586 Å². The van der Waals surface area contributed by atoms with E-state index in [0.29, 0.717) is 25.7 Å². The molecular weight excluding hydrogens is 1360 g/mol. The number of nitrogens with two attached hydrogens (primary N) is 2. The van der Waals surface area contributed by atoms with Gasteiger partial charge in [-0.05, 0) is 39.5 Å². The van der Waals surface area contributed by atoms with Crippen molar-refractivity contribution in [2.75, 3.05) is 26.4 Å². The number of aliphatic carboxylic acids is 4. The van der Waals surface area contributed by atoms with Gasteiger partial charge in [0, 0.05) is 25.7 Å². The lowest BCUT2D eigenvalue weighted by atomic mass is 10.1. The summed E-state index contributed by atoms with van der Waals surface area (Å²) in [5, 5.41) is 53.3. The van der Waals surface area contributed by atoms with Crippen LogP contribution in [-0.4, -0.2) is 226 Å². The number of nitrogens with one attached hydrogen (secondary N) is 10. The van der Waals surface area contributed by atoms with Gasteiger partial charge in [-0.25, -0.2) is 0 Å². The van der Waals surface area contributed by atoms with Crippen molar-refractivity contribution in [3.63, 3.8) is 0 Å². The molecule has 2 radical (unpaired) electrons. The number of carbonyl (C=O) groups is 20. The first-order chi connectivity index (χ1) is 47.9. The van der Waals surface area contributed by atoms with E-state index < -0.39 is 269 Å². The number of hydrogen-bond acceptors (Lipinski definition) is 26. The third-order valence-corrected chi connectivity index (χ3v) is 14.4. The van der Waals surface area contributed by atoms with Crippen LogP contribution in [0.25, 0.3) is 0 Å². The smallest absolute Gasteiger partial charge is 0.308 e. The van der Waals surface area contributed by atoms with Gasteiger partial charge in [0.1, 0.15) is 73.1 Å². The molecule has 10 atom stereocenters. The van der Waals surface area contributed by atoms with Crippen LogP contribution in [0, 0.1) is 0 Å². The minimum absolute atomic E-state index is 0.182. The minimum Gasteiger partial charge on any atom is -0.481 e. The Bertz CT molecular complexity index is 2740. The van der Waals surface area contributed by atoms with Crippen molar-refractivity contribution in [3.05, 3.63) is 0 Å². The van der Waals surface area contributed by atoms with E-state index in [1.54, 1.807) is 0 Å². The average molecular weight is 1460 g/mol. The monoisotopic (exact) mass is 1460 g/mol. The van der Waals surface area contributed by atoms with Crippen molar-refractivity contribution in [2.45, 2.75) is 242 Å². The van der Waals surface area contributed by atoms with E-state index in [-0.39, 0.29) is 13.2 Å². The van der Waals surface area contributed by atoms with Crippen LogP contribution in [-0.2, 0) is 115 Å². The lowest BCUT2D eigenvalue weighted by Gasteiger charge is -2.26. The van der Waals surface area contributed by atoms with Gasteiger partial charge in [-0.3, -0.25) is 107 Å². The number of rotatable bonds is 57. The van der Waals surface area contributed by atoms with Gasteiger partial charge >= 0.3 is 47.8 Å². The summed E-state index contributed by atoms with van der Waals surface area (Å²) in [5.74, 6) is -27.1. The molecule has 0 rings (SSSR count). The summed E-state index contributed by atoms with van der Waals surface area (Å²) in [6, 6.07) is -19.9. The van der Waals surface area contributed by atoms with Crippen LogP contribution >= 0.6 is 0 Å². The first-order valence-electron chi connectivity index (χ1n) is 32.8. The Balaban J connectivity index is 7.21. The first-order valence-corrected chi connectivity index (χ1v) is 32.8. The number of Topliss-reactive ketones (excluding diaryl/α,β-unsaturated/α-hetero) is 2. The average Bonchev–Trinajstić information content (AvgIpc) is 0.861. The first kappa shape index (κ1) is 91.7. The third-order valence-electron chi connectivity index (χ3n) is 14.4. The molecule has 40 heteroatoms. The lowest BCUT2D eigenvalue weighted by Crippen LogP contribution is -2.59. The van der Waals surface area contributed by atoms with Crippen LogP contribution < -0.4 is 65.5 Å². The van der Waals surface area contributed by atoms with Crippen molar-refractivity contribution < 1.29 is 135 Å². The van der Waals surface area contributed by atoms with Crippen LogP contribution in [0.15, 0.2) is 0 Å². The quantitative estimate of drug-likeness (QED) is 0.0158. The summed E-state index contributed by atoms with van der Waals surface area (Å²) < 4.78 is 20.8. The van der Waals surface area contributed by atoms with Crippen molar-refractivity contribution in [1.29, 1.82) is 0 Å². The number of unbranched alkanes of at least 4 members (excludes halogenated alkanes) is 10. The Kier molecular flexibility index (Phi) is 45.8. The zero-order valence-electron chi connectivity index (χ0n) is 57.3. The van der Waals surface area contributed by atoms with Crippen LogP contribution in [0.3, 0.4) is 0 Å². The fourth-order valence-corrected chi connectivity index (χ4v) is 8.96. The fourth-order valence-electron chi connectivity index (χ4n) is 8.96. The molecule has 10 amide bonds. The number of amides is 10. The molecule has 102 heavy (non-hydrogen) atoms. The largest absolute Gasteiger partial charge is 0.481 e. The maximum Gasteiger partial charge on any atom is 0.308 e. The summed E-state index contributed by atoms with van der Waals surface area (Å²) in [6.45, 7) is 3.68. The third kappa shape index (κ3) is 42.6. The number of carboxylic acid groups (broad SMARTS) is 4. The highest BCUT2D eigenvalue weighted by molar-refractivity contribution is 6.01. The second kappa shape index (κ2) is 51.0. The second-order valence-electron chi connectivity index (χ2n) is 23.5. The molecule has 0 aliphatic carbocycles. The predicted octanol–water partition coefficient (Wildman–Crippen LogP) is -3.77. The molecular formula is C62H96N12O28. The van der Waals surface area contributed by atoms with E-state index in [1.165, 1.54) is 0 Å². The van der Waals surface area contributed by atoms with Crippen molar-refractivity contribution in [3.8, 4) is 0 Å². The molecule has 0 aromatic carbocycles. The Morgan fingerprint density at radius 1 is 0.304 bits per heavy atom. The number of carbonyl (C=O) groups excluding carboxylic acids is 16. The molecule has 0 heterocycles. The standard InChI is InChI=1S/C62H96N12O28/c1-5-7-9-11-13-15-21-99-49(85)31-43(61(97)71-39(25-33(3)75)57(93)67-37(53(65)89)27-47(81)82)73-59(95)41(69-55(91)35(63)17-19-45(77)78)29-51(87)101-23-24-102-52(88)30-42(70-56(92)36(64)18-20-46(79)80)60(96)74-44(32-50(86)100-22-16-14-12-10-8-6-2)62(98)72-40(26-34(4)76)58(94)68-38(54(66)90)28-48(83)84/h35-44,65-66H,5-32,63-64H2,1-4H3,(H,67,93)(H,68,94)(H,69,91)(H,70,92)(H,71,97)(H,72,98)(H,73,95)(H,74,96)(H,77,78)(H,79,80)(H,81,82)(H,83,84). The molecule has 40 nitrogen and oxygen atoms in total. The molecule has 0 aromatic rings. The van der Waals surface area contributed by atoms with Crippen LogP contribution in [0.4, 0.5) is 0 Å². The topological polar surface area (TPSA) is 655 Å². The van der Waals surface area contributed by atoms with Crippen LogP contribution in [0.2, 0.25) is 0 Å². The van der Waals surface area contributed by atoms with Crippen molar-refractivity contribution >= 4 is 118 Å². The number of esters is 4.